The Kier molecular flexibility index (Phi) is 5.21. The predicted octanol–water partition coefficient (Wildman–Crippen LogP) is 0.886. The molecule has 0 spiro atoms. The molecule has 1 fully saturated rings. The van der Waals surface area contributed by atoms with Gasteiger partial charge in [-0.05, 0) is 12.1 Å². The van der Waals surface area contributed by atoms with Gasteiger partial charge < -0.3 is 19.9 Å². The topological polar surface area (TPSA) is 121 Å². The zero-order chi connectivity index (χ0) is 21.3. The Labute approximate surface area is 172 Å². The summed E-state index contributed by atoms with van der Waals surface area (Å²) in [5.74, 6) is 1.03. The summed E-state index contributed by atoms with van der Waals surface area (Å²) < 4.78 is 6.93. The maximum Gasteiger partial charge on any atom is 0.326 e. The highest BCUT2D eigenvalue weighted by atomic mass is 16.5. The van der Waals surface area contributed by atoms with Gasteiger partial charge in [-0.25, -0.2) is 9.78 Å². The lowest BCUT2D eigenvalue weighted by molar-refractivity contribution is -0.120. The van der Waals surface area contributed by atoms with Crippen molar-refractivity contribution in [2.75, 3.05) is 38.2 Å². The Morgan fingerprint density at radius 2 is 1.97 bits per heavy atom. The molecule has 2 aromatic rings. The summed E-state index contributed by atoms with van der Waals surface area (Å²) in [5.41, 5.74) is 1.15. The van der Waals surface area contributed by atoms with E-state index in [1.54, 1.807) is 23.1 Å². The molecule has 30 heavy (non-hydrogen) atoms. The third kappa shape index (κ3) is 3.63. The Morgan fingerprint density at radius 3 is 2.67 bits per heavy atom. The van der Waals surface area contributed by atoms with E-state index in [4.69, 9.17) is 10.1 Å². The monoisotopic (exact) mass is 410 g/mol. The number of nitrogens with one attached hydrogen (secondary N) is 2. The molecular formula is C20H22N6O4. The number of ketones is 1. The van der Waals surface area contributed by atoms with Gasteiger partial charge in [0.1, 0.15) is 17.9 Å². The molecule has 0 radical (unpaired) electrons. The van der Waals surface area contributed by atoms with Crippen LogP contribution in [0.1, 0.15) is 23.2 Å². The smallest absolute Gasteiger partial charge is 0.326 e. The first-order valence-electron chi connectivity index (χ1n) is 9.68. The third-order valence-electron chi connectivity index (χ3n) is 5.20. The standard InChI is InChI=1S/C20H22N6O4/c1-22-20(29)26-7-2-14(11-17(26)21)25-8-9-30-16-10-13(12-23-18(16)25)19(28)24-5-3-15(27)4-6-24/h2,7,10-12,21H,3-6,8-9H2,1H3,(H,22,29). The minimum atomic E-state index is -0.394. The molecule has 0 aliphatic carbocycles. The number of fused-ring (bicyclic) bond motifs is 1. The minimum Gasteiger partial charge on any atom is -0.488 e. The molecule has 1 saturated heterocycles. The van der Waals surface area contributed by atoms with E-state index in [2.05, 4.69) is 10.3 Å². The first-order chi connectivity index (χ1) is 14.5. The van der Waals surface area contributed by atoms with Crippen molar-refractivity contribution in [3.63, 3.8) is 0 Å². The van der Waals surface area contributed by atoms with Crippen LogP contribution in [0.2, 0.25) is 0 Å². The van der Waals surface area contributed by atoms with Crippen molar-refractivity contribution in [1.29, 1.82) is 5.41 Å². The molecule has 0 atom stereocenters. The molecule has 4 heterocycles. The lowest BCUT2D eigenvalue weighted by atomic mass is 10.1. The number of anilines is 2. The van der Waals surface area contributed by atoms with Crippen LogP contribution >= 0.6 is 0 Å². The number of ether oxygens (including phenoxy) is 1. The molecule has 2 aliphatic heterocycles. The van der Waals surface area contributed by atoms with Crippen LogP contribution in [-0.4, -0.2) is 65.5 Å². The van der Waals surface area contributed by atoms with Gasteiger partial charge >= 0.3 is 6.03 Å². The number of hydrogen-bond acceptors (Lipinski definition) is 7. The normalized spacial score (nSPS) is 16.0. The molecule has 2 aromatic heterocycles. The molecular weight excluding hydrogens is 388 g/mol. The quantitative estimate of drug-likeness (QED) is 0.758. The molecule has 2 amide bonds. The number of rotatable bonds is 2. The van der Waals surface area contributed by atoms with Crippen molar-refractivity contribution in [1.82, 2.24) is 19.8 Å². The van der Waals surface area contributed by atoms with Gasteiger partial charge in [0.15, 0.2) is 11.6 Å². The van der Waals surface area contributed by atoms with E-state index in [1.807, 2.05) is 4.90 Å². The van der Waals surface area contributed by atoms with Crippen LogP contribution in [0.3, 0.4) is 0 Å². The van der Waals surface area contributed by atoms with E-state index in [9.17, 15) is 14.4 Å². The van der Waals surface area contributed by atoms with E-state index in [0.717, 1.165) is 0 Å². The fourth-order valence-corrected chi connectivity index (χ4v) is 3.56. The number of pyridine rings is 2. The molecule has 2 aliphatic rings. The Morgan fingerprint density at radius 1 is 1.20 bits per heavy atom. The summed E-state index contributed by atoms with van der Waals surface area (Å²) in [6.45, 7) is 1.75. The Balaban J connectivity index is 1.60. The van der Waals surface area contributed by atoms with Crippen LogP contribution in [0.4, 0.5) is 16.3 Å². The Bertz CT molecular complexity index is 1070. The average Bonchev–Trinajstić information content (AvgIpc) is 2.77. The zero-order valence-electron chi connectivity index (χ0n) is 16.6. The molecule has 0 aromatic carbocycles. The summed E-state index contributed by atoms with van der Waals surface area (Å²) in [6, 6.07) is 4.58. The highest BCUT2D eigenvalue weighted by molar-refractivity contribution is 5.96. The number of piperidine rings is 1. The summed E-state index contributed by atoms with van der Waals surface area (Å²) in [7, 11) is 1.51. The van der Waals surface area contributed by atoms with Crippen molar-refractivity contribution < 1.29 is 19.1 Å². The molecule has 0 unspecified atom stereocenters. The molecule has 156 valence electrons. The van der Waals surface area contributed by atoms with Gasteiger partial charge in [0.25, 0.3) is 5.91 Å². The third-order valence-corrected chi connectivity index (χ3v) is 5.20. The van der Waals surface area contributed by atoms with Crippen molar-refractivity contribution in [3.05, 3.63) is 41.6 Å². The van der Waals surface area contributed by atoms with Crippen LogP contribution in [0.25, 0.3) is 0 Å². The number of amides is 2. The number of likely N-dealkylation sites (tertiary alicyclic amines) is 1. The fourth-order valence-electron chi connectivity index (χ4n) is 3.56. The molecule has 0 saturated carbocycles. The minimum absolute atomic E-state index is 0.0336. The van der Waals surface area contributed by atoms with Crippen molar-refractivity contribution in [2.24, 2.45) is 0 Å². The second-order valence-corrected chi connectivity index (χ2v) is 7.07. The van der Waals surface area contributed by atoms with Gasteiger partial charge in [0, 0.05) is 57.1 Å². The van der Waals surface area contributed by atoms with Gasteiger partial charge in [-0.1, -0.05) is 0 Å². The van der Waals surface area contributed by atoms with Crippen LogP contribution in [0.5, 0.6) is 5.75 Å². The van der Waals surface area contributed by atoms with E-state index in [1.165, 1.54) is 24.0 Å². The highest BCUT2D eigenvalue weighted by Gasteiger charge is 2.26. The van der Waals surface area contributed by atoms with E-state index < -0.39 is 6.03 Å². The highest BCUT2D eigenvalue weighted by Crippen LogP contribution is 2.35. The maximum absolute atomic E-state index is 12.8. The largest absolute Gasteiger partial charge is 0.488 e. The van der Waals surface area contributed by atoms with E-state index in [0.29, 0.717) is 61.9 Å². The summed E-state index contributed by atoms with van der Waals surface area (Å²) in [6.07, 6.45) is 3.80. The van der Waals surface area contributed by atoms with Gasteiger partial charge in [-0.2, -0.15) is 0 Å². The van der Waals surface area contributed by atoms with Crippen LogP contribution in [0, 0.1) is 5.41 Å². The second-order valence-electron chi connectivity index (χ2n) is 7.07. The average molecular weight is 410 g/mol. The molecule has 4 rings (SSSR count). The lowest BCUT2D eigenvalue weighted by Crippen LogP contribution is -2.39. The van der Waals surface area contributed by atoms with Crippen LogP contribution in [0.15, 0.2) is 30.6 Å². The van der Waals surface area contributed by atoms with E-state index in [-0.39, 0.29) is 17.2 Å². The number of carbonyl (C=O) groups is 3. The van der Waals surface area contributed by atoms with Gasteiger partial charge in [0.2, 0.25) is 0 Å². The van der Waals surface area contributed by atoms with Crippen molar-refractivity contribution >= 4 is 29.2 Å². The van der Waals surface area contributed by atoms with E-state index >= 15 is 0 Å². The molecule has 2 N–H and O–H groups in total. The number of carbonyl (C=O) groups excluding carboxylic acids is 3. The Hall–Kier alpha value is -3.69. The van der Waals surface area contributed by atoms with Crippen molar-refractivity contribution in [3.8, 4) is 5.75 Å². The van der Waals surface area contributed by atoms with Crippen molar-refractivity contribution in [2.45, 2.75) is 12.8 Å². The first kappa shape index (κ1) is 19.6. The summed E-state index contributed by atoms with van der Waals surface area (Å²) >= 11 is 0. The molecule has 0 bridgehead atoms. The first-order valence-corrected chi connectivity index (χ1v) is 9.68. The van der Waals surface area contributed by atoms with Gasteiger partial charge in [0.05, 0.1) is 12.1 Å². The predicted molar refractivity (Wildman–Crippen MR) is 107 cm³/mol. The summed E-state index contributed by atoms with van der Waals surface area (Å²) in [5, 5.41) is 10.6. The van der Waals surface area contributed by atoms with Gasteiger partial charge in [-0.15, -0.1) is 0 Å². The number of Topliss-reactive ketones (excluding diaryl/α,β-unsaturated/α-hetero) is 1. The number of nitrogens with zero attached hydrogens (tertiary/aromatic N) is 4. The lowest BCUT2D eigenvalue weighted by Gasteiger charge is -2.31. The number of aromatic nitrogens is 2. The maximum atomic E-state index is 12.8. The SMILES string of the molecule is CNC(=O)n1ccc(N2CCOc3cc(C(=O)N4CCC(=O)CC4)cnc32)cc1=N. The van der Waals surface area contributed by atoms with Crippen LogP contribution < -0.4 is 20.4 Å². The van der Waals surface area contributed by atoms with Gasteiger partial charge in [-0.3, -0.25) is 19.6 Å². The number of hydrogen-bond donors (Lipinski definition) is 2. The molecule has 10 nitrogen and oxygen atoms in total. The zero-order valence-corrected chi connectivity index (χ0v) is 16.6. The molecule has 10 heteroatoms. The van der Waals surface area contributed by atoms with Crippen LogP contribution in [-0.2, 0) is 4.79 Å². The fraction of sp³-hybridized carbons (Fsp3) is 0.350. The summed E-state index contributed by atoms with van der Waals surface area (Å²) in [4.78, 5) is 44.0. The second kappa shape index (κ2) is 7.97.